The molecule has 2 aromatic rings. The summed E-state index contributed by atoms with van der Waals surface area (Å²) in [5, 5.41) is 0. The van der Waals surface area contributed by atoms with Crippen LogP contribution < -0.4 is 5.73 Å². The van der Waals surface area contributed by atoms with Crippen LogP contribution in [0.4, 0.5) is 8.78 Å². The predicted octanol–water partition coefficient (Wildman–Crippen LogP) is 2.43. The average molecular weight is 335 g/mol. The van der Waals surface area contributed by atoms with Gasteiger partial charge in [0.2, 0.25) is 0 Å². The number of fused-ring (bicyclic) bond motifs is 1. The first-order chi connectivity index (χ1) is 11.5. The van der Waals surface area contributed by atoms with Crippen molar-refractivity contribution < 1.29 is 17.9 Å². The van der Waals surface area contributed by atoms with E-state index in [4.69, 9.17) is 14.9 Å². The molecule has 0 radical (unpaired) electrons. The van der Waals surface area contributed by atoms with E-state index in [2.05, 4.69) is 9.88 Å². The summed E-state index contributed by atoms with van der Waals surface area (Å²) in [6.45, 7) is 3.63. The zero-order valence-corrected chi connectivity index (χ0v) is 13.3. The normalized spacial score (nSPS) is 27.4. The molecule has 1 fully saturated rings. The van der Waals surface area contributed by atoms with Gasteiger partial charge in [0.25, 0.3) is 0 Å². The smallest absolute Gasteiger partial charge is 0.191 e. The highest BCUT2D eigenvalue weighted by atomic mass is 19.1. The summed E-state index contributed by atoms with van der Waals surface area (Å²) in [7, 11) is 0. The van der Waals surface area contributed by atoms with Gasteiger partial charge in [0.1, 0.15) is 23.5 Å². The molecule has 1 saturated heterocycles. The fourth-order valence-corrected chi connectivity index (χ4v) is 3.60. The van der Waals surface area contributed by atoms with Crippen LogP contribution in [0.2, 0.25) is 0 Å². The van der Waals surface area contributed by atoms with E-state index < -0.39 is 23.8 Å². The Kier molecular flexibility index (Phi) is 3.86. The van der Waals surface area contributed by atoms with Gasteiger partial charge in [-0.15, -0.1) is 0 Å². The molecule has 0 bridgehead atoms. The lowest BCUT2D eigenvalue weighted by Gasteiger charge is -2.38. The minimum Gasteiger partial charge on any atom is -0.444 e. The van der Waals surface area contributed by atoms with E-state index in [9.17, 15) is 8.78 Å². The molecule has 24 heavy (non-hydrogen) atoms. The molecule has 7 heteroatoms. The molecule has 0 amide bonds. The van der Waals surface area contributed by atoms with E-state index in [0.717, 1.165) is 29.7 Å². The van der Waals surface area contributed by atoms with Crippen LogP contribution in [0.15, 0.2) is 22.6 Å². The number of hydrogen-bond acceptors (Lipinski definition) is 5. The molecular formula is C17H19F2N3O2. The molecule has 4 rings (SSSR count). The van der Waals surface area contributed by atoms with Crippen molar-refractivity contribution in [1.82, 2.24) is 9.88 Å². The summed E-state index contributed by atoms with van der Waals surface area (Å²) >= 11 is 0. The number of benzene rings is 1. The third kappa shape index (κ3) is 2.72. The van der Waals surface area contributed by atoms with E-state index >= 15 is 0 Å². The van der Waals surface area contributed by atoms with Crippen LogP contribution in [0.1, 0.15) is 35.4 Å². The highest BCUT2D eigenvalue weighted by molar-refractivity contribution is 5.23. The molecule has 1 aromatic heterocycles. The highest BCUT2D eigenvalue weighted by Crippen LogP contribution is 2.34. The third-order valence-electron chi connectivity index (χ3n) is 4.77. The van der Waals surface area contributed by atoms with Gasteiger partial charge in [0.05, 0.1) is 18.8 Å². The first-order valence-electron chi connectivity index (χ1n) is 8.02. The van der Waals surface area contributed by atoms with Crippen LogP contribution in [-0.4, -0.2) is 28.6 Å². The lowest BCUT2D eigenvalue weighted by atomic mass is 9.93. The number of halogens is 2. The van der Waals surface area contributed by atoms with Gasteiger partial charge in [-0.3, -0.25) is 4.90 Å². The second-order valence-corrected chi connectivity index (χ2v) is 6.48. The Bertz CT molecular complexity index is 741. The second kappa shape index (κ2) is 5.91. The van der Waals surface area contributed by atoms with Gasteiger partial charge in [-0.2, -0.15) is 0 Å². The second-order valence-electron chi connectivity index (χ2n) is 6.48. The Balaban J connectivity index is 1.45. The molecule has 0 spiro atoms. The maximum absolute atomic E-state index is 14.0. The fraction of sp³-hybridized carbons (Fsp3) is 0.471. The van der Waals surface area contributed by atoms with Crippen molar-refractivity contribution in [3.8, 4) is 0 Å². The Morgan fingerprint density at radius 2 is 2.12 bits per heavy atom. The lowest BCUT2D eigenvalue weighted by Crippen LogP contribution is -2.47. The Labute approximate surface area is 138 Å². The number of aryl methyl sites for hydroxylation is 1. The minimum atomic E-state index is -0.629. The van der Waals surface area contributed by atoms with Crippen LogP contribution in [0.25, 0.3) is 0 Å². The Morgan fingerprint density at radius 3 is 2.88 bits per heavy atom. The molecule has 2 N–H and O–H groups in total. The van der Waals surface area contributed by atoms with Gasteiger partial charge in [0.15, 0.2) is 5.89 Å². The molecule has 0 aliphatic carbocycles. The van der Waals surface area contributed by atoms with E-state index in [1.165, 1.54) is 0 Å². The highest BCUT2D eigenvalue weighted by Gasteiger charge is 2.37. The number of nitrogens with two attached hydrogens (primary N) is 1. The van der Waals surface area contributed by atoms with Gasteiger partial charge in [-0.25, -0.2) is 13.8 Å². The molecular weight excluding hydrogens is 316 g/mol. The Hall–Kier alpha value is -1.83. The summed E-state index contributed by atoms with van der Waals surface area (Å²) in [4.78, 5) is 6.57. The predicted molar refractivity (Wildman–Crippen MR) is 81.9 cm³/mol. The molecule has 2 aliphatic rings. The molecule has 1 aromatic carbocycles. The van der Waals surface area contributed by atoms with Gasteiger partial charge in [-0.1, -0.05) is 0 Å². The molecule has 0 saturated carbocycles. The first-order valence-corrected chi connectivity index (χ1v) is 8.02. The fourth-order valence-electron chi connectivity index (χ4n) is 3.60. The van der Waals surface area contributed by atoms with Crippen molar-refractivity contribution in [1.29, 1.82) is 0 Å². The van der Waals surface area contributed by atoms with E-state index in [1.54, 1.807) is 0 Å². The largest absolute Gasteiger partial charge is 0.444 e. The van der Waals surface area contributed by atoms with Crippen LogP contribution in [0.5, 0.6) is 0 Å². The zero-order valence-electron chi connectivity index (χ0n) is 13.3. The van der Waals surface area contributed by atoms with Crippen molar-refractivity contribution in [3.63, 3.8) is 0 Å². The van der Waals surface area contributed by atoms with Gasteiger partial charge in [-0.05, 0) is 24.6 Å². The van der Waals surface area contributed by atoms with Crippen LogP contribution in [0, 0.1) is 18.6 Å². The number of rotatable bonds is 2. The summed E-state index contributed by atoms with van der Waals surface area (Å²) in [5.41, 5.74) is 7.36. The SMILES string of the molecule is Cc1nc2c(o1)CN([C@H]1COC(c3cc(F)ccc3F)C(N)C1)C2. The van der Waals surface area contributed by atoms with Crippen molar-refractivity contribution in [2.75, 3.05) is 6.61 Å². The first kappa shape index (κ1) is 15.7. The summed E-state index contributed by atoms with van der Waals surface area (Å²) < 4.78 is 38.8. The molecule has 128 valence electrons. The van der Waals surface area contributed by atoms with Crippen molar-refractivity contribution in [2.45, 2.75) is 44.6 Å². The van der Waals surface area contributed by atoms with E-state index in [-0.39, 0.29) is 11.6 Å². The third-order valence-corrected chi connectivity index (χ3v) is 4.77. The van der Waals surface area contributed by atoms with Gasteiger partial charge < -0.3 is 14.9 Å². The number of ether oxygens (including phenoxy) is 1. The number of aromatic nitrogens is 1. The molecule has 2 aliphatic heterocycles. The number of hydrogen-bond donors (Lipinski definition) is 1. The topological polar surface area (TPSA) is 64.5 Å². The lowest BCUT2D eigenvalue weighted by molar-refractivity contribution is -0.0540. The molecule has 5 nitrogen and oxygen atoms in total. The maximum Gasteiger partial charge on any atom is 0.191 e. The molecule has 2 unspecified atom stereocenters. The van der Waals surface area contributed by atoms with E-state index in [0.29, 0.717) is 32.0 Å². The molecule has 3 heterocycles. The van der Waals surface area contributed by atoms with Crippen LogP contribution >= 0.6 is 0 Å². The number of oxazole rings is 1. The van der Waals surface area contributed by atoms with Crippen LogP contribution in [0.3, 0.4) is 0 Å². The molecule has 3 atom stereocenters. The Morgan fingerprint density at radius 1 is 1.29 bits per heavy atom. The number of nitrogens with zero attached hydrogens (tertiary/aromatic N) is 2. The van der Waals surface area contributed by atoms with Crippen LogP contribution in [-0.2, 0) is 17.8 Å². The van der Waals surface area contributed by atoms with Gasteiger partial charge in [0, 0.05) is 31.1 Å². The minimum absolute atomic E-state index is 0.109. The quantitative estimate of drug-likeness (QED) is 0.913. The van der Waals surface area contributed by atoms with E-state index in [1.807, 2.05) is 6.92 Å². The van der Waals surface area contributed by atoms with Crippen molar-refractivity contribution >= 4 is 0 Å². The maximum atomic E-state index is 14.0. The van der Waals surface area contributed by atoms with Crippen molar-refractivity contribution in [3.05, 3.63) is 52.7 Å². The monoisotopic (exact) mass is 335 g/mol. The standard InChI is InChI=1S/C17H19F2N3O2/c1-9-21-15-6-22(7-16(15)24-9)11-5-14(20)17(23-8-11)12-4-10(18)2-3-13(12)19/h2-4,11,14,17H,5-8,20H2,1H3/t11-,14?,17?/m1/s1. The summed E-state index contributed by atoms with van der Waals surface area (Å²) in [6.07, 6.45) is 0.0139. The average Bonchev–Trinajstić information content (AvgIpc) is 3.07. The van der Waals surface area contributed by atoms with Crippen molar-refractivity contribution in [2.24, 2.45) is 5.73 Å². The summed E-state index contributed by atoms with van der Waals surface area (Å²) in [5.74, 6) is 0.586. The zero-order chi connectivity index (χ0) is 16.8. The van der Waals surface area contributed by atoms with Gasteiger partial charge >= 0.3 is 0 Å². The summed E-state index contributed by atoms with van der Waals surface area (Å²) in [6, 6.07) is 3.08.